The van der Waals surface area contributed by atoms with Crippen molar-refractivity contribution in [3.8, 4) is 0 Å². The second kappa shape index (κ2) is 7.97. The average Bonchev–Trinajstić information content (AvgIpc) is 2.59. The Kier molecular flexibility index (Phi) is 6.18. The third kappa shape index (κ3) is 4.79. The maximum absolute atomic E-state index is 12.7. The number of amides is 1. The minimum Gasteiger partial charge on any atom is -0.462 e. The molecule has 0 unspecified atom stereocenters. The zero-order valence-corrected chi connectivity index (χ0v) is 15.6. The van der Waals surface area contributed by atoms with Gasteiger partial charge >= 0.3 is 5.97 Å². The number of nitrogens with zero attached hydrogens (tertiary/aromatic N) is 2. The summed E-state index contributed by atoms with van der Waals surface area (Å²) in [7, 11) is -3.64. The average molecular weight is 368 g/mol. The number of carbonyl (C=O) groups is 2. The second-order valence-corrected chi connectivity index (χ2v) is 8.36. The number of piperazine rings is 1. The second-order valence-electron chi connectivity index (χ2n) is 6.43. The van der Waals surface area contributed by atoms with Crippen molar-refractivity contribution in [2.45, 2.75) is 25.7 Å². The van der Waals surface area contributed by atoms with Crippen LogP contribution in [0.5, 0.6) is 0 Å². The van der Waals surface area contributed by atoms with Crippen LogP contribution in [0.15, 0.2) is 29.2 Å². The van der Waals surface area contributed by atoms with Crippen molar-refractivity contribution in [2.24, 2.45) is 5.92 Å². The van der Waals surface area contributed by atoms with E-state index in [1.165, 1.54) is 35.5 Å². The third-order valence-electron chi connectivity index (χ3n) is 3.96. The molecule has 1 aliphatic heterocycles. The van der Waals surface area contributed by atoms with Gasteiger partial charge in [-0.1, -0.05) is 13.8 Å². The van der Waals surface area contributed by atoms with Crippen molar-refractivity contribution in [3.05, 3.63) is 29.8 Å². The highest BCUT2D eigenvalue weighted by atomic mass is 32.2. The van der Waals surface area contributed by atoms with Crippen molar-refractivity contribution in [2.75, 3.05) is 32.8 Å². The van der Waals surface area contributed by atoms with Crippen LogP contribution >= 0.6 is 0 Å². The largest absolute Gasteiger partial charge is 0.462 e. The number of esters is 1. The highest BCUT2D eigenvalue weighted by Crippen LogP contribution is 2.19. The van der Waals surface area contributed by atoms with E-state index in [9.17, 15) is 18.0 Å². The molecule has 138 valence electrons. The molecule has 0 atom stereocenters. The van der Waals surface area contributed by atoms with Gasteiger partial charge in [-0.05, 0) is 30.2 Å². The fraction of sp³-hybridized carbons (Fsp3) is 0.529. The molecule has 0 aliphatic carbocycles. The van der Waals surface area contributed by atoms with Gasteiger partial charge in [0.1, 0.15) is 0 Å². The summed E-state index contributed by atoms with van der Waals surface area (Å²) in [5.41, 5.74) is 0.320. The number of benzene rings is 1. The molecule has 0 bridgehead atoms. The van der Waals surface area contributed by atoms with Crippen LogP contribution in [0.25, 0.3) is 0 Å². The number of hydrogen-bond donors (Lipinski definition) is 0. The molecule has 0 spiro atoms. The van der Waals surface area contributed by atoms with E-state index in [2.05, 4.69) is 0 Å². The lowest BCUT2D eigenvalue weighted by molar-refractivity contribution is -0.129. The molecule has 1 aromatic rings. The molecule has 8 heteroatoms. The Bertz CT molecular complexity index is 720. The fourth-order valence-electron chi connectivity index (χ4n) is 2.48. The van der Waals surface area contributed by atoms with E-state index in [1.54, 1.807) is 4.90 Å². The lowest BCUT2D eigenvalue weighted by Gasteiger charge is -2.33. The lowest BCUT2D eigenvalue weighted by Crippen LogP contribution is -2.49. The maximum Gasteiger partial charge on any atom is 0.338 e. The molecule has 1 aliphatic rings. The van der Waals surface area contributed by atoms with Crippen LogP contribution in [-0.4, -0.2) is 62.3 Å². The summed E-state index contributed by atoms with van der Waals surface area (Å²) in [4.78, 5) is 25.0. The van der Waals surface area contributed by atoms with Crippen LogP contribution in [0.4, 0.5) is 0 Å². The van der Waals surface area contributed by atoms with Crippen LogP contribution in [-0.2, 0) is 19.6 Å². The summed E-state index contributed by atoms with van der Waals surface area (Å²) in [6.45, 7) is 6.96. The van der Waals surface area contributed by atoms with Gasteiger partial charge in [0.2, 0.25) is 15.9 Å². The first-order valence-corrected chi connectivity index (χ1v) is 9.68. The lowest BCUT2D eigenvalue weighted by atomic mass is 10.2. The smallest absolute Gasteiger partial charge is 0.338 e. The van der Waals surface area contributed by atoms with E-state index in [4.69, 9.17) is 4.74 Å². The van der Waals surface area contributed by atoms with Gasteiger partial charge in [-0.3, -0.25) is 4.79 Å². The molecular formula is C17H24N2O5S. The fourth-order valence-corrected chi connectivity index (χ4v) is 3.90. The van der Waals surface area contributed by atoms with E-state index in [0.717, 1.165) is 0 Å². The van der Waals surface area contributed by atoms with Gasteiger partial charge < -0.3 is 9.64 Å². The number of rotatable bonds is 5. The number of sulfonamides is 1. The van der Waals surface area contributed by atoms with Crippen LogP contribution < -0.4 is 0 Å². The summed E-state index contributed by atoms with van der Waals surface area (Å²) in [6, 6.07) is 5.75. The maximum atomic E-state index is 12.7. The molecular weight excluding hydrogens is 344 g/mol. The van der Waals surface area contributed by atoms with E-state index >= 15 is 0 Å². The summed E-state index contributed by atoms with van der Waals surface area (Å²) in [5, 5.41) is 0. The molecule has 1 fully saturated rings. The van der Waals surface area contributed by atoms with Crippen LogP contribution in [0, 0.1) is 5.92 Å². The standard InChI is InChI=1S/C17H24N2O5S/c1-13(2)12-24-17(21)15-4-6-16(7-5-15)25(22,23)19-10-8-18(9-11-19)14(3)20/h4-7,13H,8-12H2,1-3H3. The summed E-state index contributed by atoms with van der Waals surface area (Å²) in [5.74, 6) is -0.286. The van der Waals surface area contributed by atoms with E-state index in [1.807, 2.05) is 13.8 Å². The van der Waals surface area contributed by atoms with E-state index in [0.29, 0.717) is 25.3 Å². The summed E-state index contributed by atoms with van der Waals surface area (Å²) in [6.07, 6.45) is 0. The molecule has 1 amide bonds. The van der Waals surface area contributed by atoms with Crippen LogP contribution in [0.2, 0.25) is 0 Å². The van der Waals surface area contributed by atoms with Gasteiger partial charge in [-0.25, -0.2) is 13.2 Å². The van der Waals surface area contributed by atoms with E-state index in [-0.39, 0.29) is 29.8 Å². The highest BCUT2D eigenvalue weighted by Gasteiger charge is 2.29. The first kappa shape index (κ1) is 19.4. The highest BCUT2D eigenvalue weighted by molar-refractivity contribution is 7.89. The molecule has 2 rings (SSSR count). The third-order valence-corrected chi connectivity index (χ3v) is 5.87. The predicted molar refractivity (Wildman–Crippen MR) is 92.6 cm³/mol. The Hall–Kier alpha value is -1.93. The Morgan fingerprint density at radius 1 is 1.08 bits per heavy atom. The van der Waals surface area contributed by atoms with Crippen molar-refractivity contribution in [1.82, 2.24) is 9.21 Å². The zero-order chi connectivity index (χ0) is 18.6. The summed E-state index contributed by atoms with van der Waals surface area (Å²) >= 11 is 0. The Labute approximate surface area is 148 Å². The van der Waals surface area contributed by atoms with Crippen LogP contribution in [0.1, 0.15) is 31.1 Å². The van der Waals surface area contributed by atoms with Crippen molar-refractivity contribution in [1.29, 1.82) is 0 Å². The van der Waals surface area contributed by atoms with Gasteiger partial charge in [0.15, 0.2) is 0 Å². The molecule has 0 saturated carbocycles. The molecule has 1 heterocycles. The van der Waals surface area contributed by atoms with Gasteiger partial charge in [-0.15, -0.1) is 0 Å². The Morgan fingerprint density at radius 2 is 1.64 bits per heavy atom. The van der Waals surface area contributed by atoms with Crippen LogP contribution in [0.3, 0.4) is 0 Å². The SMILES string of the molecule is CC(=O)N1CCN(S(=O)(=O)c2ccc(C(=O)OCC(C)C)cc2)CC1. The minimum absolute atomic E-state index is 0.0543. The normalized spacial score (nSPS) is 16.1. The Morgan fingerprint density at radius 3 is 2.12 bits per heavy atom. The van der Waals surface area contributed by atoms with Crippen molar-refractivity contribution in [3.63, 3.8) is 0 Å². The number of carbonyl (C=O) groups excluding carboxylic acids is 2. The number of hydrogen-bond acceptors (Lipinski definition) is 5. The molecule has 0 N–H and O–H groups in total. The van der Waals surface area contributed by atoms with Crippen molar-refractivity contribution < 1.29 is 22.7 Å². The van der Waals surface area contributed by atoms with Gasteiger partial charge in [0.25, 0.3) is 0 Å². The van der Waals surface area contributed by atoms with E-state index < -0.39 is 16.0 Å². The molecule has 25 heavy (non-hydrogen) atoms. The zero-order valence-electron chi connectivity index (χ0n) is 14.8. The Balaban J connectivity index is 2.05. The first-order valence-electron chi connectivity index (χ1n) is 8.24. The predicted octanol–water partition coefficient (Wildman–Crippen LogP) is 1.35. The van der Waals surface area contributed by atoms with Crippen molar-refractivity contribution >= 4 is 21.9 Å². The summed E-state index contributed by atoms with van der Waals surface area (Å²) < 4.78 is 31.8. The number of ether oxygens (including phenoxy) is 1. The van der Waals surface area contributed by atoms with Gasteiger partial charge in [0.05, 0.1) is 17.1 Å². The molecule has 7 nitrogen and oxygen atoms in total. The minimum atomic E-state index is -3.64. The molecule has 0 radical (unpaired) electrons. The molecule has 1 aromatic carbocycles. The topological polar surface area (TPSA) is 84.0 Å². The van der Waals surface area contributed by atoms with Gasteiger partial charge in [0, 0.05) is 33.1 Å². The molecule has 0 aromatic heterocycles. The quantitative estimate of drug-likeness (QED) is 0.733. The van der Waals surface area contributed by atoms with Gasteiger partial charge in [-0.2, -0.15) is 4.31 Å². The first-order chi connectivity index (χ1) is 11.7. The monoisotopic (exact) mass is 368 g/mol. The molecule has 1 saturated heterocycles.